The van der Waals surface area contributed by atoms with Crippen molar-refractivity contribution in [2.24, 2.45) is 5.92 Å². The van der Waals surface area contributed by atoms with Crippen molar-refractivity contribution in [3.8, 4) is 0 Å². The summed E-state index contributed by atoms with van der Waals surface area (Å²) in [6, 6.07) is 0. The normalized spacial score (nSPS) is 13.1. The van der Waals surface area contributed by atoms with E-state index in [1.54, 1.807) is 0 Å². The van der Waals surface area contributed by atoms with Crippen molar-refractivity contribution in [2.75, 3.05) is 6.54 Å². The van der Waals surface area contributed by atoms with Crippen LogP contribution in [0.4, 0.5) is 0 Å². The number of hydrogen-bond acceptors (Lipinski definition) is 0. The molecule has 0 rings (SSSR count). The zero-order chi connectivity index (χ0) is 10.6. The zero-order valence-electron chi connectivity index (χ0n) is 10.1. The molecule has 1 N–H and O–H groups in total. The van der Waals surface area contributed by atoms with Crippen LogP contribution in [0.15, 0.2) is 0 Å². The Morgan fingerprint density at radius 3 is 2.07 bits per heavy atom. The van der Waals surface area contributed by atoms with Gasteiger partial charge in [-0.15, -0.1) is 0 Å². The molecular formula is C13H28N-. The van der Waals surface area contributed by atoms with Crippen LogP contribution in [-0.4, -0.2) is 6.54 Å². The average Bonchev–Trinajstić information content (AvgIpc) is 2.18. The minimum absolute atomic E-state index is 0.625. The summed E-state index contributed by atoms with van der Waals surface area (Å²) in [7, 11) is 0. The third-order valence-electron chi connectivity index (χ3n) is 2.97. The Labute approximate surface area is 90.5 Å². The lowest BCUT2D eigenvalue weighted by Crippen LogP contribution is -2.01. The molecule has 14 heavy (non-hydrogen) atoms. The first-order chi connectivity index (χ1) is 6.85. The van der Waals surface area contributed by atoms with Crippen molar-refractivity contribution in [3.63, 3.8) is 0 Å². The molecule has 0 aromatic rings. The van der Waals surface area contributed by atoms with Gasteiger partial charge in [-0.2, -0.15) is 6.54 Å². The van der Waals surface area contributed by atoms with E-state index in [4.69, 9.17) is 5.73 Å². The van der Waals surface area contributed by atoms with Crippen LogP contribution < -0.4 is 0 Å². The Hall–Kier alpha value is -0.0400. The van der Waals surface area contributed by atoms with Gasteiger partial charge < -0.3 is 5.73 Å². The Bertz CT molecular complexity index is 95.4. The smallest absolute Gasteiger partial charge is 0.0431 e. The molecule has 1 atom stereocenters. The number of unbranched alkanes of at least 4 members (excludes halogenated alkanes) is 4. The van der Waals surface area contributed by atoms with Gasteiger partial charge in [-0.3, -0.25) is 0 Å². The molecule has 0 bridgehead atoms. The van der Waals surface area contributed by atoms with Crippen LogP contribution >= 0.6 is 0 Å². The van der Waals surface area contributed by atoms with Crippen molar-refractivity contribution >= 4 is 0 Å². The summed E-state index contributed by atoms with van der Waals surface area (Å²) in [5, 5.41) is 0. The fourth-order valence-electron chi connectivity index (χ4n) is 2.08. The summed E-state index contributed by atoms with van der Waals surface area (Å²) >= 11 is 0. The van der Waals surface area contributed by atoms with Crippen molar-refractivity contribution in [3.05, 3.63) is 5.73 Å². The molecule has 0 aliphatic rings. The van der Waals surface area contributed by atoms with E-state index in [0.29, 0.717) is 6.54 Å². The van der Waals surface area contributed by atoms with Crippen LogP contribution in [0, 0.1) is 5.92 Å². The molecule has 1 unspecified atom stereocenters. The van der Waals surface area contributed by atoms with Crippen molar-refractivity contribution < 1.29 is 0 Å². The van der Waals surface area contributed by atoms with Gasteiger partial charge in [-0.05, 0) is 5.92 Å². The summed E-state index contributed by atoms with van der Waals surface area (Å²) in [5.41, 5.74) is 7.26. The SMILES string of the molecule is CCCCCCCC(CCC)CC[NH-]. The molecule has 0 aromatic heterocycles. The maximum Gasteiger partial charge on any atom is -0.0431 e. The van der Waals surface area contributed by atoms with Crippen LogP contribution in [0.3, 0.4) is 0 Å². The van der Waals surface area contributed by atoms with E-state index in [0.717, 1.165) is 12.3 Å². The summed E-state index contributed by atoms with van der Waals surface area (Å²) in [6.07, 6.45) is 12.1. The van der Waals surface area contributed by atoms with Crippen LogP contribution in [0.5, 0.6) is 0 Å². The highest BCUT2D eigenvalue weighted by Crippen LogP contribution is 2.19. The lowest BCUT2D eigenvalue weighted by molar-refractivity contribution is 0.406. The van der Waals surface area contributed by atoms with Crippen LogP contribution in [0.1, 0.15) is 71.6 Å². The number of hydrogen-bond donors (Lipinski definition) is 0. The predicted molar refractivity (Wildman–Crippen MR) is 65.6 cm³/mol. The molecular weight excluding hydrogens is 170 g/mol. The van der Waals surface area contributed by atoms with Crippen LogP contribution in [-0.2, 0) is 0 Å². The van der Waals surface area contributed by atoms with Crippen LogP contribution in [0.2, 0.25) is 0 Å². The molecule has 0 radical (unpaired) electrons. The van der Waals surface area contributed by atoms with E-state index in [-0.39, 0.29) is 0 Å². The minimum atomic E-state index is 0.625. The Kier molecular flexibility index (Phi) is 11.0. The van der Waals surface area contributed by atoms with E-state index in [1.165, 1.54) is 51.4 Å². The van der Waals surface area contributed by atoms with Gasteiger partial charge in [0.1, 0.15) is 0 Å². The first kappa shape index (κ1) is 14.0. The van der Waals surface area contributed by atoms with E-state index in [2.05, 4.69) is 13.8 Å². The van der Waals surface area contributed by atoms with Gasteiger partial charge in [-0.25, -0.2) is 0 Å². The quantitative estimate of drug-likeness (QED) is 0.430. The summed E-state index contributed by atoms with van der Waals surface area (Å²) in [6.45, 7) is 5.15. The summed E-state index contributed by atoms with van der Waals surface area (Å²) < 4.78 is 0. The second-order valence-electron chi connectivity index (χ2n) is 4.40. The number of nitrogens with one attached hydrogen (secondary N) is 1. The second-order valence-corrected chi connectivity index (χ2v) is 4.40. The third-order valence-corrected chi connectivity index (χ3v) is 2.97. The molecule has 0 fully saturated rings. The first-order valence-electron chi connectivity index (χ1n) is 6.49. The Morgan fingerprint density at radius 2 is 1.50 bits per heavy atom. The van der Waals surface area contributed by atoms with Gasteiger partial charge in [0.2, 0.25) is 0 Å². The van der Waals surface area contributed by atoms with Crippen LogP contribution in [0.25, 0.3) is 5.73 Å². The van der Waals surface area contributed by atoms with Gasteiger partial charge in [-0.1, -0.05) is 71.6 Å². The Morgan fingerprint density at radius 1 is 0.786 bits per heavy atom. The monoisotopic (exact) mass is 198 g/mol. The third kappa shape index (κ3) is 8.55. The van der Waals surface area contributed by atoms with E-state index in [9.17, 15) is 0 Å². The highest BCUT2D eigenvalue weighted by molar-refractivity contribution is 4.63. The van der Waals surface area contributed by atoms with Gasteiger partial charge in [0.05, 0.1) is 0 Å². The molecule has 1 heteroatoms. The molecule has 1 nitrogen and oxygen atoms in total. The van der Waals surface area contributed by atoms with E-state index < -0.39 is 0 Å². The van der Waals surface area contributed by atoms with Crippen molar-refractivity contribution in [1.29, 1.82) is 0 Å². The summed E-state index contributed by atoms with van der Waals surface area (Å²) in [5.74, 6) is 0.846. The lowest BCUT2D eigenvalue weighted by atomic mass is 9.93. The van der Waals surface area contributed by atoms with Gasteiger partial charge in [0.15, 0.2) is 0 Å². The molecule has 0 aromatic carbocycles. The maximum atomic E-state index is 7.26. The van der Waals surface area contributed by atoms with Gasteiger partial charge >= 0.3 is 0 Å². The maximum absolute atomic E-state index is 7.26. The minimum Gasteiger partial charge on any atom is -0.677 e. The molecule has 0 heterocycles. The van der Waals surface area contributed by atoms with E-state index in [1.807, 2.05) is 0 Å². The second kappa shape index (κ2) is 11.0. The molecule has 0 amide bonds. The Balaban J connectivity index is 3.30. The van der Waals surface area contributed by atoms with E-state index >= 15 is 0 Å². The fourth-order valence-corrected chi connectivity index (χ4v) is 2.08. The lowest BCUT2D eigenvalue weighted by Gasteiger charge is -2.16. The summed E-state index contributed by atoms with van der Waals surface area (Å²) in [4.78, 5) is 0. The first-order valence-corrected chi connectivity index (χ1v) is 6.49. The van der Waals surface area contributed by atoms with Crippen molar-refractivity contribution in [1.82, 2.24) is 0 Å². The molecule has 86 valence electrons. The van der Waals surface area contributed by atoms with Gasteiger partial charge in [0, 0.05) is 0 Å². The molecule has 0 saturated carbocycles. The number of rotatable bonds is 10. The fraction of sp³-hybridized carbons (Fsp3) is 1.00. The predicted octanol–water partition coefficient (Wildman–Crippen LogP) is 5.21. The molecule has 0 aliphatic carbocycles. The average molecular weight is 198 g/mol. The highest BCUT2D eigenvalue weighted by Gasteiger charge is 2.04. The zero-order valence-corrected chi connectivity index (χ0v) is 10.1. The molecule has 0 saturated heterocycles. The largest absolute Gasteiger partial charge is 0.677 e. The van der Waals surface area contributed by atoms with Crippen molar-refractivity contribution in [2.45, 2.75) is 71.6 Å². The topological polar surface area (TPSA) is 23.8 Å². The van der Waals surface area contributed by atoms with Gasteiger partial charge in [0.25, 0.3) is 0 Å². The molecule has 0 aliphatic heterocycles. The standard InChI is InChI=1S/C13H28N/c1-3-5-6-7-8-10-13(9-4-2)11-12-14/h13-14H,3-12H2,1-2H3/q-1. The molecule has 0 spiro atoms. The highest BCUT2D eigenvalue weighted by atomic mass is 14.5.